The van der Waals surface area contributed by atoms with Crippen LogP contribution in [0.1, 0.15) is 12.0 Å². The molecule has 0 aromatic carbocycles. The minimum absolute atomic E-state index is 0.0680. The molecule has 1 unspecified atom stereocenters. The van der Waals surface area contributed by atoms with Crippen LogP contribution in [-0.4, -0.2) is 63.2 Å². The lowest BCUT2D eigenvalue weighted by molar-refractivity contribution is -0.131. The first-order chi connectivity index (χ1) is 12.9. The van der Waals surface area contributed by atoms with Gasteiger partial charge in [0.1, 0.15) is 11.5 Å². The van der Waals surface area contributed by atoms with Gasteiger partial charge in [-0.2, -0.15) is 0 Å². The fourth-order valence-corrected chi connectivity index (χ4v) is 3.63. The van der Waals surface area contributed by atoms with Gasteiger partial charge >= 0.3 is 0 Å². The van der Waals surface area contributed by atoms with E-state index in [9.17, 15) is 9.00 Å². The van der Waals surface area contributed by atoms with Crippen molar-refractivity contribution < 1.29 is 9.00 Å². The zero-order chi connectivity index (χ0) is 19.4. The number of hydrogen-bond acceptors (Lipinski definition) is 5. The minimum Gasteiger partial charge on any atom is -0.353 e. The van der Waals surface area contributed by atoms with Crippen LogP contribution in [0.3, 0.4) is 0 Å². The molecule has 27 heavy (non-hydrogen) atoms. The maximum Gasteiger partial charge on any atom is 0.223 e. The predicted molar refractivity (Wildman–Crippen MR) is 110 cm³/mol. The number of nitrogens with zero attached hydrogens (tertiary/aromatic N) is 4. The van der Waals surface area contributed by atoms with Crippen LogP contribution in [0.15, 0.2) is 30.5 Å². The van der Waals surface area contributed by atoms with Crippen molar-refractivity contribution in [3.63, 3.8) is 0 Å². The Balaban J connectivity index is 1.68. The van der Waals surface area contributed by atoms with Crippen LogP contribution in [0.25, 0.3) is 11.4 Å². The monoisotopic (exact) mass is 406 g/mol. The second-order valence-electron chi connectivity index (χ2n) is 6.62. The summed E-state index contributed by atoms with van der Waals surface area (Å²) in [6.07, 6.45) is 3.76. The van der Waals surface area contributed by atoms with Crippen molar-refractivity contribution in [3.8, 4) is 11.4 Å². The van der Waals surface area contributed by atoms with Gasteiger partial charge in [0, 0.05) is 61.6 Å². The van der Waals surface area contributed by atoms with Gasteiger partial charge in [0.25, 0.3) is 0 Å². The molecular weight excluding hydrogens is 384 g/mol. The van der Waals surface area contributed by atoms with Crippen molar-refractivity contribution >= 4 is 34.1 Å². The highest BCUT2D eigenvalue weighted by Gasteiger charge is 2.22. The quantitative estimate of drug-likeness (QED) is 0.763. The number of halogens is 1. The second-order valence-corrected chi connectivity index (χ2v) is 8.58. The van der Waals surface area contributed by atoms with Gasteiger partial charge in [0.05, 0.1) is 10.7 Å². The van der Waals surface area contributed by atoms with Gasteiger partial charge in [-0.1, -0.05) is 17.7 Å². The first kappa shape index (κ1) is 19.8. The molecule has 6 nitrogen and oxygen atoms in total. The highest BCUT2D eigenvalue weighted by Crippen LogP contribution is 2.27. The molecule has 1 aliphatic rings. The highest BCUT2D eigenvalue weighted by molar-refractivity contribution is 7.84. The SMILES string of the molecule is Cc1ccc(-c2nc(N3CCN(C(=O)CCS(C)=O)CC3)ccc2Cl)nc1. The van der Waals surface area contributed by atoms with Gasteiger partial charge < -0.3 is 9.80 Å². The van der Waals surface area contributed by atoms with Gasteiger partial charge in [0.15, 0.2) is 0 Å². The van der Waals surface area contributed by atoms with Gasteiger partial charge in [-0.3, -0.25) is 14.0 Å². The van der Waals surface area contributed by atoms with Crippen molar-refractivity contribution in [2.75, 3.05) is 43.1 Å². The number of aromatic nitrogens is 2. The maximum absolute atomic E-state index is 12.2. The molecule has 3 rings (SSSR count). The number of aryl methyl sites for hydroxylation is 1. The number of piperazine rings is 1. The van der Waals surface area contributed by atoms with Crippen molar-refractivity contribution in [2.24, 2.45) is 0 Å². The van der Waals surface area contributed by atoms with E-state index >= 15 is 0 Å². The van der Waals surface area contributed by atoms with Gasteiger partial charge in [-0.25, -0.2) is 4.98 Å². The lowest BCUT2D eigenvalue weighted by atomic mass is 10.2. The largest absolute Gasteiger partial charge is 0.353 e. The zero-order valence-corrected chi connectivity index (χ0v) is 17.1. The van der Waals surface area contributed by atoms with Crippen LogP contribution in [0.5, 0.6) is 0 Å². The van der Waals surface area contributed by atoms with E-state index in [-0.39, 0.29) is 5.91 Å². The maximum atomic E-state index is 12.2. The fraction of sp³-hybridized carbons (Fsp3) is 0.421. The molecule has 1 atom stereocenters. The Labute approximate surface area is 167 Å². The number of carbonyl (C=O) groups is 1. The molecule has 8 heteroatoms. The Hall–Kier alpha value is -1.99. The Morgan fingerprint density at radius 3 is 2.56 bits per heavy atom. The van der Waals surface area contributed by atoms with Gasteiger partial charge in [-0.15, -0.1) is 0 Å². The van der Waals surface area contributed by atoms with Crippen LogP contribution in [0, 0.1) is 6.92 Å². The summed E-state index contributed by atoms with van der Waals surface area (Å²) < 4.78 is 11.2. The number of anilines is 1. The topological polar surface area (TPSA) is 66.4 Å². The van der Waals surface area contributed by atoms with E-state index in [1.54, 1.807) is 12.5 Å². The number of rotatable bonds is 5. The van der Waals surface area contributed by atoms with E-state index in [0.717, 1.165) is 17.1 Å². The fourth-order valence-electron chi connectivity index (χ4n) is 2.97. The summed E-state index contributed by atoms with van der Waals surface area (Å²) in [5.41, 5.74) is 2.49. The summed E-state index contributed by atoms with van der Waals surface area (Å²) in [6.45, 7) is 4.67. The summed E-state index contributed by atoms with van der Waals surface area (Å²) >= 11 is 6.34. The Bertz CT molecular complexity index is 836. The molecule has 0 bridgehead atoms. The molecule has 1 fully saturated rings. The molecule has 3 heterocycles. The first-order valence-electron chi connectivity index (χ1n) is 8.86. The average Bonchev–Trinajstić information content (AvgIpc) is 2.67. The third kappa shape index (κ3) is 5.05. The lowest BCUT2D eigenvalue weighted by Crippen LogP contribution is -2.49. The number of amides is 1. The molecule has 1 amide bonds. The van der Waals surface area contributed by atoms with Gasteiger partial charge in [-0.05, 0) is 30.7 Å². The van der Waals surface area contributed by atoms with E-state index in [1.165, 1.54) is 0 Å². The number of carbonyl (C=O) groups excluding carboxylic acids is 1. The van der Waals surface area contributed by atoms with E-state index in [2.05, 4.69) is 9.88 Å². The molecular formula is C19H23ClN4O2S. The molecule has 1 aliphatic heterocycles. The standard InChI is InChI=1S/C19H23ClN4O2S/c1-14-3-5-16(21-13-14)19-15(20)4-6-17(22-19)23-8-10-24(11-9-23)18(25)7-12-27(2)26/h3-6,13H,7-12H2,1-2H3. The molecule has 2 aromatic heterocycles. The molecule has 144 valence electrons. The van der Waals surface area contributed by atoms with Crippen molar-refractivity contribution in [1.82, 2.24) is 14.9 Å². The third-order valence-electron chi connectivity index (χ3n) is 4.55. The third-order valence-corrected chi connectivity index (χ3v) is 5.63. The average molecular weight is 407 g/mol. The number of hydrogen-bond donors (Lipinski definition) is 0. The van der Waals surface area contributed by atoms with Gasteiger partial charge in [0.2, 0.25) is 5.91 Å². The first-order valence-corrected chi connectivity index (χ1v) is 11.0. The lowest BCUT2D eigenvalue weighted by Gasteiger charge is -2.35. The smallest absolute Gasteiger partial charge is 0.223 e. The van der Waals surface area contributed by atoms with E-state index in [0.29, 0.717) is 49.1 Å². The van der Waals surface area contributed by atoms with E-state index < -0.39 is 10.8 Å². The number of pyridine rings is 2. The summed E-state index contributed by atoms with van der Waals surface area (Å²) in [4.78, 5) is 25.3. The zero-order valence-electron chi connectivity index (χ0n) is 15.5. The van der Waals surface area contributed by atoms with Crippen LogP contribution >= 0.6 is 11.6 Å². The summed E-state index contributed by atoms with van der Waals surface area (Å²) in [6, 6.07) is 7.65. The van der Waals surface area contributed by atoms with Crippen LogP contribution in [0.2, 0.25) is 5.02 Å². The van der Waals surface area contributed by atoms with Crippen molar-refractivity contribution in [1.29, 1.82) is 0 Å². The van der Waals surface area contributed by atoms with Crippen molar-refractivity contribution in [3.05, 3.63) is 41.0 Å². The van der Waals surface area contributed by atoms with E-state index in [1.807, 2.05) is 36.1 Å². The Morgan fingerprint density at radius 2 is 1.93 bits per heavy atom. The normalized spacial score (nSPS) is 15.7. The molecule has 0 radical (unpaired) electrons. The van der Waals surface area contributed by atoms with Crippen LogP contribution < -0.4 is 4.90 Å². The van der Waals surface area contributed by atoms with Crippen LogP contribution in [0.4, 0.5) is 5.82 Å². The van der Waals surface area contributed by atoms with E-state index in [4.69, 9.17) is 16.6 Å². The molecule has 2 aromatic rings. The molecule has 1 saturated heterocycles. The highest BCUT2D eigenvalue weighted by atomic mass is 35.5. The second kappa shape index (κ2) is 8.80. The summed E-state index contributed by atoms with van der Waals surface area (Å²) in [5, 5.41) is 0.566. The molecule has 0 aliphatic carbocycles. The molecule has 0 N–H and O–H groups in total. The molecule has 0 saturated carbocycles. The Kier molecular flexibility index (Phi) is 6.44. The Morgan fingerprint density at radius 1 is 1.19 bits per heavy atom. The summed E-state index contributed by atoms with van der Waals surface area (Å²) in [5.74, 6) is 1.32. The minimum atomic E-state index is -0.938. The van der Waals surface area contributed by atoms with Crippen LogP contribution in [-0.2, 0) is 15.6 Å². The predicted octanol–water partition coefficient (Wildman–Crippen LogP) is 2.52. The van der Waals surface area contributed by atoms with Crippen molar-refractivity contribution in [2.45, 2.75) is 13.3 Å². The summed E-state index contributed by atoms with van der Waals surface area (Å²) in [7, 11) is -0.938. The molecule has 0 spiro atoms.